The van der Waals surface area contributed by atoms with Gasteiger partial charge in [0.05, 0.1) is 7.11 Å². The van der Waals surface area contributed by atoms with Gasteiger partial charge in [0.2, 0.25) is 5.13 Å². The van der Waals surface area contributed by atoms with E-state index in [2.05, 4.69) is 33.0 Å². The summed E-state index contributed by atoms with van der Waals surface area (Å²) >= 11 is 1.50. The lowest BCUT2D eigenvalue weighted by Gasteiger charge is -2.38. The fraction of sp³-hybridized carbons (Fsp3) is 0.591. The number of aromatic nitrogens is 2. The van der Waals surface area contributed by atoms with E-state index in [-0.39, 0.29) is 11.4 Å². The smallest absolute Gasteiger partial charge is 0.321 e. The van der Waals surface area contributed by atoms with Crippen molar-refractivity contribution in [2.75, 3.05) is 32.2 Å². The topological polar surface area (TPSA) is 85.4 Å². The largest absolute Gasteiger partial charge is 0.497 e. The van der Waals surface area contributed by atoms with Crippen LogP contribution in [0.5, 0.6) is 5.75 Å². The Balaban J connectivity index is 1.37. The Morgan fingerprint density at radius 3 is 2.60 bits per heavy atom. The van der Waals surface area contributed by atoms with Crippen molar-refractivity contribution in [3.63, 3.8) is 0 Å². The SMILES string of the molecule is COc1ccc(C2(CNC(=O)Nc3nnc(C4CCCCC4)s3)CCOCC2)cc1. The minimum atomic E-state index is -0.235. The number of carbonyl (C=O) groups is 1. The lowest BCUT2D eigenvalue weighted by molar-refractivity contribution is 0.0508. The van der Waals surface area contributed by atoms with Crippen LogP contribution in [0.2, 0.25) is 0 Å². The lowest BCUT2D eigenvalue weighted by Crippen LogP contribution is -2.45. The number of anilines is 1. The summed E-state index contributed by atoms with van der Waals surface area (Å²) in [6.45, 7) is 1.93. The maximum Gasteiger partial charge on any atom is 0.321 e. The van der Waals surface area contributed by atoms with Gasteiger partial charge in [-0.1, -0.05) is 42.7 Å². The number of ether oxygens (including phenoxy) is 2. The average molecular weight is 431 g/mol. The number of urea groups is 1. The van der Waals surface area contributed by atoms with Crippen molar-refractivity contribution in [2.24, 2.45) is 0 Å². The van der Waals surface area contributed by atoms with Crippen LogP contribution in [0.4, 0.5) is 9.93 Å². The van der Waals surface area contributed by atoms with Gasteiger partial charge in [-0.2, -0.15) is 0 Å². The summed E-state index contributed by atoms with van der Waals surface area (Å²) in [5.41, 5.74) is 1.05. The van der Waals surface area contributed by atoms with Gasteiger partial charge in [-0.25, -0.2) is 4.79 Å². The molecule has 1 saturated carbocycles. The number of amides is 2. The normalized spacial score (nSPS) is 19.2. The molecule has 1 aromatic heterocycles. The van der Waals surface area contributed by atoms with Crippen LogP contribution in [-0.4, -0.2) is 43.1 Å². The number of rotatable bonds is 6. The summed E-state index contributed by atoms with van der Waals surface area (Å²) in [6, 6.07) is 7.89. The molecule has 0 radical (unpaired) electrons. The van der Waals surface area contributed by atoms with Gasteiger partial charge < -0.3 is 14.8 Å². The number of hydrogen-bond acceptors (Lipinski definition) is 6. The number of hydrogen-bond donors (Lipinski definition) is 2. The van der Waals surface area contributed by atoms with Crippen LogP contribution in [0.1, 0.15) is 61.4 Å². The minimum absolute atomic E-state index is 0.143. The van der Waals surface area contributed by atoms with Gasteiger partial charge >= 0.3 is 6.03 Å². The Morgan fingerprint density at radius 2 is 1.90 bits per heavy atom. The maximum atomic E-state index is 12.6. The first-order valence-corrected chi connectivity index (χ1v) is 11.6. The number of methoxy groups -OCH3 is 1. The second-order valence-electron chi connectivity index (χ2n) is 8.21. The predicted molar refractivity (Wildman–Crippen MR) is 117 cm³/mol. The standard InChI is InChI=1S/C22H30N4O3S/c1-28-18-9-7-17(8-10-18)22(11-13-29-14-12-22)15-23-20(27)24-21-26-25-19(30-21)16-5-3-2-4-6-16/h7-10,16H,2-6,11-15H2,1H3,(H2,23,24,26,27). The van der Waals surface area contributed by atoms with Crippen LogP contribution in [0.3, 0.4) is 0 Å². The number of nitrogens with one attached hydrogen (secondary N) is 2. The zero-order valence-electron chi connectivity index (χ0n) is 17.5. The highest BCUT2D eigenvalue weighted by atomic mass is 32.1. The van der Waals surface area contributed by atoms with Crippen LogP contribution >= 0.6 is 11.3 Å². The summed E-state index contributed by atoms with van der Waals surface area (Å²) in [6.07, 6.45) is 7.90. The van der Waals surface area contributed by atoms with Gasteiger partial charge in [-0.15, -0.1) is 10.2 Å². The third-order valence-electron chi connectivity index (χ3n) is 6.36. The molecule has 2 N–H and O–H groups in total. The van der Waals surface area contributed by atoms with E-state index in [0.717, 1.165) is 23.6 Å². The molecule has 0 bridgehead atoms. The van der Waals surface area contributed by atoms with Gasteiger partial charge in [0.25, 0.3) is 0 Å². The van der Waals surface area contributed by atoms with Crippen molar-refractivity contribution < 1.29 is 14.3 Å². The molecule has 1 saturated heterocycles. The van der Waals surface area contributed by atoms with Crippen LogP contribution in [-0.2, 0) is 10.2 Å². The van der Waals surface area contributed by atoms with Crippen molar-refractivity contribution >= 4 is 22.5 Å². The summed E-state index contributed by atoms with van der Waals surface area (Å²) in [5, 5.41) is 16.0. The van der Waals surface area contributed by atoms with Gasteiger partial charge in [0.1, 0.15) is 10.8 Å². The number of benzene rings is 1. The first-order chi connectivity index (χ1) is 14.7. The molecule has 162 valence electrons. The molecule has 1 aromatic carbocycles. The van der Waals surface area contributed by atoms with Gasteiger partial charge in [-0.3, -0.25) is 5.32 Å². The highest BCUT2D eigenvalue weighted by Crippen LogP contribution is 2.36. The van der Waals surface area contributed by atoms with Gasteiger partial charge in [0, 0.05) is 31.1 Å². The van der Waals surface area contributed by atoms with E-state index in [1.165, 1.54) is 49.0 Å². The van der Waals surface area contributed by atoms with E-state index >= 15 is 0 Å². The Bertz CT molecular complexity index is 827. The van der Waals surface area contributed by atoms with E-state index in [0.29, 0.717) is 30.8 Å². The van der Waals surface area contributed by atoms with E-state index < -0.39 is 0 Å². The molecule has 0 unspecified atom stereocenters. The first-order valence-electron chi connectivity index (χ1n) is 10.8. The molecule has 1 aliphatic heterocycles. The van der Waals surface area contributed by atoms with Crippen LogP contribution in [0.25, 0.3) is 0 Å². The van der Waals surface area contributed by atoms with Crippen molar-refractivity contribution in [1.29, 1.82) is 0 Å². The zero-order chi connectivity index (χ0) is 20.8. The number of nitrogens with zero attached hydrogens (tertiary/aromatic N) is 2. The second-order valence-corrected chi connectivity index (χ2v) is 9.22. The molecule has 2 aromatic rings. The summed E-state index contributed by atoms with van der Waals surface area (Å²) in [4.78, 5) is 12.6. The summed E-state index contributed by atoms with van der Waals surface area (Å²) in [7, 11) is 1.66. The van der Waals surface area contributed by atoms with E-state index in [9.17, 15) is 4.79 Å². The van der Waals surface area contributed by atoms with E-state index in [4.69, 9.17) is 9.47 Å². The zero-order valence-corrected chi connectivity index (χ0v) is 18.3. The van der Waals surface area contributed by atoms with E-state index in [1.54, 1.807) is 7.11 Å². The molecule has 0 spiro atoms. The van der Waals surface area contributed by atoms with Crippen molar-refractivity contribution in [3.8, 4) is 5.75 Å². The monoisotopic (exact) mass is 430 g/mol. The molecule has 2 aliphatic rings. The second kappa shape index (κ2) is 9.75. The first kappa shape index (κ1) is 21.1. The average Bonchev–Trinajstić information content (AvgIpc) is 3.27. The predicted octanol–water partition coefficient (Wildman–Crippen LogP) is 4.46. The Labute approximate surface area is 181 Å². The van der Waals surface area contributed by atoms with Crippen molar-refractivity contribution in [3.05, 3.63) is 34.8 Å². The molecule has 30 heavy (non-hydrogen) atoms. The molecular weight excluding hydrogens is 400 g/mol. The van der Waals surface area contributed by atoms with Crippen LogP contribution < -0.4 is 15.4 Å². The van der Waals surface area contributed by atoms with Crippen molar-refractivity contribution in [2.45, 2.75) is 56.3 Å². The van der Waals surface area contributed by atoms with Crippen molar-refractivity contribution in [1.82, 2.24) is 15.5 Å². The summed E-state index contributed by atoms with van der Waals surface area (Å²) in [5.74, 6) is 1.33. The van der Waals surface area contributed by atoms with Crippen LogP contribution in [0, 0.1) is 0 Å². The fourth-order valence-corrected chi connectivity index (χ4v) is 5.37. The Morgan fingerprint density at radius 1 is 1.17 bits per heavy atom. The molecule has 2 heterocycles. The fourth-order valence-electron chi connectivity index (χ4n) is 4.46. The quantitative estimate of drug-likeness (QED) is 0.706. The molecule has 2 amide bonds. The molecule has 2 fully saturated rings. The third-order valence-corrected chi connectivity index (χ3v) is 7.36. The van der Waals surface area contributed by atoms with Gasteiger partial charge in [-0.05, 0) is 43.4 Å². The third kappa shape index (κ3) is 4.92. The highest BCUT2D eigenvalue weighted by Gasteiger charge is 2.35. The number of carbonyl (C=O) groups excluding carboxylic acids is 1. The molecule has 1 aliphatic carbocycles. The molecule has 0 atom stereocenters. The van der Waals surface area contributed by atoms with E-state index in [1.807, 2.05) is 12.1 Å². The molecule has 4 rings (SSSR count). The molecule has 8 heteroatoms. The Hall–Kier alpha value is -2.19. The lowest BCUT2D eigenvalue weighted by atomic mass is 9.74. The molecule has 7 nitrogen and oxygen atoms in total. The minimum Gasteiger partial charge on any atom is -0.497 e. The highest BCUT2D eigenvalue weighted by molar-refractivity contribution is 7.15. The Kier molecular flexibility index (Phi) is 6.84. The molecular formula is C22H30N4O3S. The summed E-state index contributed by atoms with van der Waals surface area (Å²) < 4.78 is 10.9. The van der Waals surface area contributed by atoms with Crippen LogP contribution in [0.15, 0.2) is 24.3 Å². The van der Waals surface area contributed by atoms with Gasteiger partial charge in [0.15, 0.2) is 0 Å². The maximum absolute atomic E-state index is 12.6.